The van der Waals surface area contributed by atoms with Gasteiger partial charge < -0.3 is 15.6 Å². The third-order valence-corrected chi connectivity index (χ3v) is 5.74. The number of nitrogen functional groups attached to an aromatic ring is 1. The molecular weight excluding hydrogens is 677 g/mol. The number of nitrogens with two attached hydrogens (primary N) is 1. The molecule has 4 N–H and O–H groups in total. The number of carbonyl (C=O) groups excluding carboxylic acids is 1. The van der Waals surface area contributed by atoms with E-state index in [1.807, 2.05) is 22.6 Å². The fourth-order valence-electron chi connectivity index (χ4n) is 2.70. The van der Waals surface area contributed by atoms with Gasteiger partial charge in [0.1, 0.15) is 29.6 Å². The third-order valence-electron chi connectivity index (χ3n) is 4.29. The van der Waals surface area contributed by atoms with Gasteiger partial charge in [-0.05, 0) is 91.9 Å². The lowest BCUT2D eigenvalue weighted by Gasteiger charge is -2.08. The van der Waals surface area contributed by atoms with Gasteiger partial charge in [0.2, 0.25) is 11.6 Å². The monoisotopic (exact) mass is 690 g/mol. The molecule has 4 aromatic rings. The highest BCUT2D eigenvalue weighted by atomic mass is 127. The number of hydrazone groups is 1. The van der Waals surface area contributed by atoms with Crippen molar-refractivity contribution in [2.45, 2.75) is 6.61 Å². The molecule has 1 amide bonds. The van der Waals surface area contributed by atoms with Crippen molar-refractivity contribution in [2.75, 3.05) is 5.73 Å². The van der Waals surface area contributed by atoms with Crippen LogP contribution >= 0.6 is 45.2 Å². The van der Waals surface area contributed by atoms with Gasteiger partial charge in [0, 0.05) is 9.13 Å². The third kappa shape index (κ3) is 5.24. The first-order valence-electron chi connectivity index (χ1n) is 9.26. The maximum absolute atomic E-state index is 13.2. The Balaban J connectivity index is 1.59. The number of aromatic hydroxyl groups is 1. The molecule has 0 aliphatic carbocycles. The number of amides is 1. The predicted octanol–water partition coefficient (Wildman–Crippen LogP) is 2.63. The van der Waals surface area contributed by atoms with Crippen LogP contribution in [0.4, 0.5) is 10.2 Å². The maximum atomic E-state index is 13.2. The number of halogens is 3. The quantitative estimate of drug-likeness (QED) is 0.150. The van der Waals surface area contributed by atoms with Crippen molar-refractivity contribution in [2.24, 2.45) is 5.10 Å². The summed E-state index contributed by atoms with van der Waals surface area (Å²) in [6, 6.07) is 8.81. The van der Waals surface area contributed by atoms with E-state index in [0.29, 0.717) is 14.9 Å². The van der Waals surface area contributed by atoms with Crippen molar-refractivity contribution in [3.63, 3.8) is 0 Å². The molecule has 2 aromatic heterocycles. The van der Waals surface area contributed by atoms with E-state index in [9.17, 15) is 14.3 Å². The zero-order chi connectivity index (χ0) is 24.2. The smallest absolute Gasteiger partial charge is 0.293 e. The number of nitrogens with zero attached hydrogens (tertiary/aromatic N) is 6. The molecular formula is C19H13FI2N8O4. The molecule has 12 nitrogen and oxygen atoms in total. The molecule has 0 bridgehead atoms. The first-order valence-corrected chi connectivity index (χ1v) is 11.4. The number of aromatic nitrogens is 5. The predicted molar refractivity (Wildman–Crippen MR) is 133 cm³/mol. The number of phenols is 1. The van der Waals surface area contributed by atoms with Crippen LogP contribution in [-0.4, -0.2) is 42.5 Å². The minimum absolute atomic E-state index is 0.00566. The zero-order valence-corrected chi connectivity index (χ0v) is 21.1. The summed E-state index contributed by atoms with van der Waals surface area (Å²) < 4.78 is 26.1. The molecule has 174 valence electrons. The first kappa shape index (κ1) is 23.8. The molecule has 0 radical (unpaired) electrons. The highest BCUT2D eigenvalue weighted by Gasteiger charge is 2.24. The summed E-state index contributed by atoms with van der Waals surface area (Å²) in [5.41, 5.74) is 8.52. The second-order valence-corrected chi connectivity index (χ2v) is 8.94. The number of hydrogen-bond acceptors (Lipinski definition) is 10. The second kappa shape index (κ2) is 10.3. The molecule has 0 saturated carbocycles. The topological polar surface area (TPSA) is 167 Å². The molecule has 0 aliphatic heterocycles. The molecule has 2 aromatic carbocycles. The van der Waals surface area contributed by atoms with Gasteiger partial charge in [-0.1, -0.05) is 5.21 Å². The summed E-state index contributed by atoms with van der Waals surface area (Å²) in [4.78, 5) is 12.8. The van der Waals surface area contributed by atoms with Crippen LogP contribution in [-0.2, 0) is 6.61 Å². The van der Waals surface area contributed by atoms with E-state index in [4.69, 9.17) is 10.5 Å². The number of nitrogens with one attached hydrogen (secondary N) is 1. The van der Waals surface area contributed by atoms with Gasteiger partial charge in [-0.3, -0.25) is 4.79 Å². The molecule has 2 heterocycles. The Hall–Kier alpha value is -3.35. The van der Waals surface area contributed by atoms with Gasteiger partial charge in [-0.25, -0.2) is 14.4 Å². The van der Waals surface area contributed by atoms with Crippen molar-refractivity contribution in [3.8, 4) is 17.3 Å². The van der Waals surface area contributed by atoms with Crippen LogP contribution in [0.15, 0.2) is 46.1 Å². The lowest BCUT2D eigenvalue weighted by molar-refractivity contribution is 0.0947. The molecule has 0 fully saturated rings. The number of rotatable bonds is 7. The number of anilines is 1. The summed E-state index contributed by atoms with van der Waals surface area (Å²) in [6.07, 6.45) is 1.30. The highest BCUT2D eigenvalue weighted by molar-refractivity contribution is 14.1. The van der Waals surface area contributed by atoms with Gasteiger partial charge in [-0.15, -0.1) is 5.10 Å². The Kier molecular flexibility index (Phi) is 7.20. The molecule has 15 heteroatoms. The number of ether oxygens (including phenoxy) is 1. The molecule has 0 atom stereocenters. The van der Waals surface area contributed by atoms with E-state index < -0.39 is 11.7 Å². The average Bonchev–Trinajstić information content (AvgIpc) is 3.42. The summed E-state index contributed by atoms with van der Waals surface area (Å²) in [5.74, 6) is -0.837. The minimum Gasteiger partial charge on any atom is -0.506 e. The molecule has 4 rings (SSSR count). The van der Waals surface area contributed by atoms with Gasteiger partial charge >= 0.3 is 0 Å². The van der Waals surface area contributed by atoms with Crippen LogP contribution in [0.1, 0.15) is 21.7 Å². The van der Waals surface area contributed by atoms with Gasteiger partial charge in [0.15, 0.2) is 5.69 Å². The summed E-state index contributed by atoms with van der Waals surface area (Å²) in [7, 11) is 0. The summed E-state index contributed by atoms with van der Waals surface area (Å²) in [5, 5.41) is 29.0. The summed E-state index contributed by atoms with van der Waals surface area (Å²) >= 11 is 4.09. The van der Waals surface area contributed by atoms with Gasteiger partial charge in [0.05, 0.1) is 9.78 Å². The van der Waals surface area contributed by atoms with Crippen molar-refractivity contribution < 1.29 is 23.7 Å². The maximum Gasteiger partial charge on any atom is 0.293 e. The molecule has 0 saturated heterocycles. The Morgan fingerprint density at radius 2 is 2.06 bits per heavy atom. The Bertz CT molecular complexity index is 1370. The standard InChI is InChI=1S/C19H13FI2N8O4/c20-10-1-3-12(4-2-10)33-8-14-15(25-29-30(14)18-17(23)27-34-28-18)19(32)26-24-7-9-5-11(21)6-13(22)16(9)31/h1-7,31H,8H2,(H2,23,27)(H,26,32)/b24-7+. The molecule has 34 heavy (non-hydrogen) atoms. The van der Waals surface area contributed by atoms with Gasteiger partial charge in [-0.2, -0.15) is 9.78 Å². The first-order chi connectivity index (χ1) is 16.3. The van der Waals surface area contributed by atoms with Crippen molar-refractivity contribution >= 4 is 63.1 Å². The van der Waals surface area contributed by atoms with Crippen LogP contribution < -0.4 is 15.9 Å². The van der Waals surface area contributed by atoms with Gasteiger partial charge in [0.25, 0.3) is 5.91 Å². The molecule has 0 spiro atoms. The van der Waals surface area contributed by atoms with Crippen LogP contribution in [0, 0.1) is 13.0 Å². The fraction of sp³-hybridized carbons (Fsp3) is 0.0526. The Morgan fingerprint density at radius 3 is 2.76 bits per heavy atom. The lowest BCUT2D eigenvalue weighted by atomic mass is 10.2. The molecule has 0 unspecified atom stereocenters. The van der Waals surface area contributed by atoms with Crippen LogP contribution in [0.5, 0.6) is 11.5 Å². The van der Waals surface area contributed by atoms with Crippen molar-refractivity contribution in [3.05, 3.63) is 66.3 Å². The minimum atomic E-state index is -0.713. The fourth-order valence-corrected chi connectivity index (χ4v) is 4.59. The Morgan fingerprint density at radius 1 is 1.29 bits per heavy atom. The SMILES string of the molecule is Nc1nonc1-n1nnc(C(=O)N/N=C/c2cc(I)cc(I)c2O)c1COc1ccc(F)cc1. The average molecular weight is 690 g/mol. The van der Waals surface area contributed by atoms with Crippen molar-refractivity contribution in [1.29, 1.82) is 0 Å². The van der Waals surface area contributed by atoms with E-state index in [1.54, 1.807) is 12.1 Å². The zero-order valence-electron chi connectivity index (χ0n) is 16.8. The van der Waals surface area contributed by atoms with Crippen molar-refractivity contribution in [1.82, 2.24) is 30.7 Å². The number of benzene rings is 2. The van der Waals surface area contributed by atoms with E-state index in [0.717, 1.165) is 8.25 Å². The van der Waals surface area contributed by atoms with E-state index in [1.165, 1.54) is 30.5 Å². The van der Waals surface area contributed by atoms with E-state index >= 15 is 0 Å². The largest absolute Gasteiger partial charge is 0.506 e. The van der Waals surface area contributed by atoms with E-state index in [2.05, 4.69) is 58.4 Å². The number of phenolic OH excluding ortho intramolecular Hbond substituents is 1. The molecule has 0 aliphatic rings. The Labute approximate surface area is 217 Å². The van der Waals surface area contributed by atoms with Crippen LogP contribution in [0.25, 0.3) is 5.82 Å². The second-order valence-electron chi connectivity index (χ2n) is 6.54. The lowest BCUT2D eigenvalue weighted by Crippen LogP contribution is -2.21. The summed E-state index contributed by atoms with van der Waals surface area (Å²) in [6.45, 7) is -0.201. The van der Waals surface area contributed by atoms with E-state index in [-0.39, 0.29) is 35.4 Å². The number of carbonyl (C=O) groups is 1. The highest BCUT2D eigenvalue weighted by Crippen LogP contribution is 2.25. The van der Waals surface area contributed by atoms with Crippen LogP contribution in [0.2, 0.25) is 0 Å². The normalized spacial score (nSPS) is 11.1. The number of hydrogen-bond donors (Lipinski definition) is 3. The van der Waals surface area contributed by atoms with Crippen LogP contribution in [0.3, 0.4) is 0 Å².